The molecule has 0 saturated heterocycles. The maximum absolute atomic E-state index is 5.79. The molecule has 0 atom stereocenters. The number of anilines is 1. The SMILES string of the molecule is Cc1nc(N)n(C)c1-c1ccc2c(c1)OCO2. The fourth-order valence-electron chi connectivity index (χ4n) is 2.10. The van der Waals surface area contributed by atoms with Crippen LogP contribution in [-0.2, 0) is 7.05 Å². The predicted octanol–water partition coefficient (Wildman–Crippen LogP) is 1.71. The summed E-state index contributed by atoms with van der Waals surface area (Å²) in [6.07, 6.45) is 0. The van der Waals surface area contributed by atoms with E-state index in [0.717, 1.165) is 28.5 Å². The van der Waals surface area contributed by atoms with Gasteiger partial charge >= 0.3 is 0 Å². The molecular weight excluding hydrogens is 218 g/mol. The van der Waals surface area contributed by atoms with Gasteiger partial charge < -0.3 is 19.8 Å². The molecule has 5 nitrogen and oxygen atoms in total. The number of fused-ring (bicyclic) bond motifs is 1. The molecule has 88 valence electrons. The number of hydrogen-bond donors (Lipinski definition) is 1. The van der Waals surface area contributed by atoms with Crippen molar-refractivity contribution in [1.82, 2.24) is 9.55 Å². The van der Waals surface area contributed by atoms with Crippen LogP contribution < -0.4 is 15.2 Å². The zero-order valence-corrected chi connectivity index (χ0v) is 9.73. The maximum Gasteiger partial charge on any atom is 0.231 e. The summed E-state index contributed by atoms with van der Waals surface area (Å²) in [7, 11) is 1.90. The minimum atomic E-state index is 0.283. The Kier molecular flexibility index (Phi) is 2.01. The highest BCUT2D eigenvalue weighted by molar-refractivity contribution is 5.68. The van der Waals surface area contributed by atoms with Gasteiger partial charge in [-0.15, -0.1) is 0 Å². The average molecular weight is 231 g/mol. The van der Waals surface area contributed by atoms with Crippen LogP contribution in [0.5, 0.6) is 11.5 Å². The minimum Gasteiger partial charge on any atom is -0.454 e. The summed E-state index contributed by atoms with van der Waals surface area (Å²) in [6.45, 7) is 2.22. The first kappa shape index (κ1) is 10.0. The minimum absolute atomic E-state index is 0.283. The second kappa shape index (κ2) is 3.41. The third kappa shape index (κ3) is 1.43. The van der Waals surface area contributed by atoms with Crippen molar-refractivity contribution in [3.63, 3.8) is 0 Å². The van der Waals surface area contributed by atoms with Crippen LogP contribution in [0.1, 0.15) is 5.69 Å². The second-order valence-corrected chi connectivity index (χ2v) is 4.03. The fourth-order valence-corrected chi connectivity index (χ4v) is 2.10. The molecule has 0 radical (unpaired) electrons. The third-order valence-corrected chi connectivity index (χ3v) is 2.95. The highest BCUT2D eigenvalue weighted by atomic mass is 16.7. The predicted molar refractivity (Wildman–Crippen MR) is 63.9 cm³/mol. The largest absolute Gasteiger partial charge is 0.454 e. The molecule has 3 rings (SSSR count). The van der Waals surface area contributed by atoms with Gasteiger partial charge in [0.1, 0.15) is 0 Å². The summed E-state index contributed by atoms with van der Waals surface area (Å²) in [4.78, 5) is 4.25. The molecule has 0 amide bonds. The number of aryl methyl sites for hydroxylation is 1. The molecule has 0 spiro atoms. The molecule has 5 heteroatoms. The van der Waals surface area contributed by atoms with Crippen LogP contribution in [-0.4, -0.2) is 16.3 Å². The fraction of sp³-hybridized carbons (Fsp3) is 0.250. The molecule has 1 aromatic carbocycles. The van der Waals surface area contributed by atoms with Crippen molar-refractivity contribution < 1.29 is 9.47 Å². The molecule has 0 unspecified atom stereocenters. The van der Waals surface area contributed by atoms with Crippen molar-refractivity contribution >= 4 is 5.95 Å². The number of nitrogens with zero attached hydrogens (tertiary/aromatic N) is 2. The van der Waals surface area contributed by atoms with E-state index >= 15 is 0 Å². The van der Waals surface area contributed by atoms with E-state index in [9.17, 15) is 0 Å². The van der Waals surface area contributed by atoms with Gasteiger partial charge in [-0.2, -0.15) is 0 Å². The van der Waals surface area contributed by atoms with Crippen LogP contribution in [0.15, 0.2) is 18.2 Å². The van der Waals surface area contributed by atoms with Crippen LogP contribution in [0.25, 0.3) is 11.3 Å². The van der Waals surface area contributed by atoms with Crippen LogP contribution in [0.3, 0.4) is 0 Å². The molecular formula is C12H13N3O2. The maximum atomic E-state index is 5.79. The number of hydrogen-bond acceptors (Lipinski definition) is 4. The molecule has 1 aromatic heterocycles. The molecule has 2 N–H and O–H groups in total. The van der Waals surface area contributed by atoms with Gasteiger partial charge in [0.05, 0.1) is 11.4 Å². The van der Waals surface area contributed by atoms with Crippen LogP contribution in [0.4, 0.5) is 5.95 Å². The molecule has 2 aromatic rings. The smallest absolute Gasteiger partial charge is 0.231 e. The highest BCUT2D eigenvalue weighted by Crippen LogP contribution is 2.36. The topological polar surface area (TPSA) is 62.3 Å². The van der Waals surface area contributed by atoms with Gasteiger partial charge in [0.2, 0.25) is 12.7 Å². The van der Waals surface area contributed by atoms with Crippen molar-refractivity contribution in [3.05, 3.63) is 23.9 Å². The lowest BCUT2D eigenvalue weighted by atomic mass is 10.1. The Labute approximate surface area is 98.8 Å². The number of rotatable bonds is 1. The first-order valence-electron chi connectivity index (χ1n) is 5.35. The van der Waals surface area contributed by atoms with Gasteiger partial charge in [0.15, 0.2) is 11.5 Å². The zero-order chi connectivity index (χ0) is 12.0. The van der Waals surface area contributed by atoms with Gasteiger partial charge in [-0.3, -0.25) is 0 Å². The lowest BCUT2D eigenvalue weighted by Crippen LogP contribution is -1.98. The van der Waals surface area contributed by atoms with Crippen LogP contribution >= 0.6 is 0 Å². The highest BCUT2D eigenvalue weighted by Gasteiger charge is 2.17. The summed E-state index contributed by atoms with van der Waals surface area (Å²) in [5.74, 6) is 2.05. The number of benzene rings is 1. The Morgan fingerprint density at radius 2 is 2.06 bits per heavy atom. The van der Waals surface area contributed by atoms with E-state index in [2.05, 4.69) is 4.98 Å². The van der Waals surface area contributed by atoms with Crippen molar-refractivity contribution in [2.24, 2.45) is 7.05 Å². The number of nitrogen functional groups attached to an aromatic ring is 1. The van der Waals surface area contributed by atoms with Gasteiger partial charge in [-0.05, 0) is 25.1 Å². The summed E-state index contributed by atoms with van der Waals surface area (Å²) in [5, 5.41) is 0. The lowest BCUT2D eigenvalue weighted by Gasteiger charge is -2.06. The number of aromatic nitrogens is 2. The third-order valence-electron chi connectivity index (χ3n) is 2.95. The van der Waals surface area contributed by atoms with E-state index < -0.39 is 0 Å². The Morgan fingerprint density at radius 1 is 1.29 bits per heavy atom. The average Bonchev–Trinajstić information content (AvgIpc) is 2.84. The molecule has 2 heterocycles. The molecule has 0 bridgehead atoms. The summed E-state index contributed by atoms with van der Waals surface area (Å²) in [6, 6.07) is 5.84. The van der Waals surface area contributed by atoms with Crippen molar-refractivity contribution in [2.75, 3.05) is 12.5 Å². The van der Waals surface area contributed by atoms with Crippen LogP contribution in [0, 0.1) is 6.92 Å². The first-order valence-corrected chi connectivity index (χ1v) is 5.35. The standard InChI is InChI=1S/C12H13N3O2/c1-7-11(15(2)12(13)14-7)8-3-4-9-10(5-8)17-6-16-9/h3-5H,6H2,1-2H3,(H2,13,14). The summed E-state index contributed by atoms with van der Waals surface area (Å²) in [5.41, 5.74) is 8.72. The van der Waals surface area contributed by atoms with E-state index in [-0.39, 0.29) is 6.79 Å². The van der Waals surface area contributed by atoms with E-state index in [1.165, 1.54) is 0 Å². The van der Waals surface area contributed by atoms with Gasteiger partial charge in [0, 0.05) is 12.6 Å². The van der Waals surface area contributed by atoms with Gasteiger partial charge in [-0.1, -0.05) is 0 Å². The van der Waals surface area contributed by atoms with Crippen LogP contribution in [0.2, 0.25) is 0 Å². The Hall–Kier alpha value is -2.17. The number of nitrogens with two attached hydrogens (primary N) is 1. The Balaban J connectivity index is 2.15. The zero-order valence-electron chi connectivity index (χ0n) is 9.73. The molecule has 0 aliphatic carbocycles. The van der Waals surface area contributed by atoms with Gasteiger partial charge in [0.25, 0.3) is 0 Å². The quantitative estimate of drug-likeness (QED) is 0.811. The van der Waals surface area contributed by atoms with E-state index in [1.54, 1.807) is 0 Å². The van der Waals surface area contributed by atoms with E-state index in [4.69, 9.17) is 15.2 Å². The monoisotopic (exact) mass is 231 g/mol. The lowest BCUT2D eigenvalue weighted by molar-refractivity contribution is 0.174. The number of imidazole rings is 1. The van der Waals surface area contributed by atoms with Crippen molar-refractivity contribution in [1.29, 1.82) is 0 Å². The Morgan fingerprint density at radius 3 is 2.76 bits per heavy atom. The molecule has 17 heavy (non-hydrogen) atoms. The summed E-state index contributed by atoms with van der Waals surface area (Å²) < 4.78 is 12.5. The van der Waals surface area contributed by atoms with Crippen molar-refractivity contribution in [2.45, 2.75) is 6.92 Å². The molecule has 1 aliphatic heterocycles. The normalized spacial score (nSPS) is 13.1. The second-order valence-electron chi connectivity index (χ2n) is 4.03. The summed E-state index contributed by atoms with van der Waals surface area (Å²) >= 11 is 0. The molecule has 0 fully saturated rings. The number of ether oxygens (including phenoxy) is 2. The van der Waals surface area contributed by atoms with Crippen molar-refractivity contribution in [3.8, 4) is 22.8 Å². The molecule has 0 saturated carbocycles. The van der Waals surface area contributed by atoms with E-state index in [1.807, 2.05) is 36.7 Å². The van der Waals surface area contributed by atoms with Gasteiger partial charge in [-0.25, -0.2) is 4.98 Å². The van der Waals surface area contributed by atoms with E-state index in [0.29, 0.717) is 5.95 Å². The Bertz CT molecular complexity index is 590. The first-order chi connectivity index (χ1) is 8.16. The molecule has 1 aliphatic rings.